The summed E-state index contributed by atoms with van der Waals surface area (Å²) in [6, 6.07) is 7.52. The normalized spacial score (nSPS) is 15.0. The number of rotatable bonds is 4. The van der Waals surface area contributed by atoms with E-state index in [9.17, 15) is 4.39 Å². The van der Waals surface area contributed by atoms with Crippen molar-refractivity contribution in [3.8, 4) is 11.3 Å². The van der Waals surface area contributed by atoms with Crippen LogP contribution in [0.25, 0.3) is 11.3 Å². The quantitative estimate of drug-likeness (QED) is 0.896. The van der Waals surface area contributed by atoms with Crippen molar-refractivity contribution in [1.29, 1.82) is 0 Å². The molecule has 1 saturated carbocycles. The Morgan fingerprint density at radius 1 is 1.39 bits per heavy atom. The molecule has 1 heterocycles. The molecule has 4 heteroatoms. The third-order valence-corrected chi connectivity index (χ3v) is 3.33. The first-order valence-electron chi connectivity index (χ1n) is 6.24. The van der Waals surface area contributed by atoms with Crippen molar-refractivity contribution in [2.45, 2.75) is 25.4 Å². The Bertz CT molecular complexity index is 558. The monoisotopic (exact) mass is 245 g/mol. The van der Waals surface area contributed by atoms with Gasteiger partial charge in [0.1, 0.15) is 5.82 Å². The molecule has 0 bridgehead atoms. The smallest absolute Gasteiger partial charge is 0.123 e. The molecule has 0 aliphatic heterocycles. The van der Waals surface area contributed by atoms with Crippen molar-refractivity contribution in [3.05, 3.63) is 41.8 Å². The zero-order valence-electron chi connectivity index (χ0n) is 10.4. The Kier molecular flexibility index (Phi) is 2.88. The van der Waals surface area contributed by atoms with Crippen molar-refractivity contribution in [2.24, 2.45) is 7.05 Å². The van der Waals surface area contributed by atoms with Gasteiger partial charge in [0.15, 0.2) is 0 Å². The Labute approximate surface area is 106 Å². The van der Waals surface area contributed by atoms with Crippen molar-refractivity contribution in [3.63, 3.8) is 0 Å². The molecule has 0 atom stereocenters. The summed E-state index contributed by atoms with van der Waals surface area (Å²) in [5.74, 6) is -0.207. The Morgan fingerprint density at radius 2 is 2.22 bits per heavy atom. The summed E-state index contributed by atoms with van der Waals surface area (Å²) < 4.78 is 15.2. The van der Waals surface area contributed by atoms with Gasteiger partial charge in [0.2, 0.25) is 0 Å². The van der Waals surface area contributed by atoms with E-state index in [1.54, 1.807) is 16.9 Å². The first kappa shape index (κ1) is 11.4. The van der Waals surface area contributed by atoms with Crippen LogP contribution in [-0.2, 0) is 13.6 Å². The minimum Gasteiger partial charge on any atom is -0.310 e. The molecule has 0 saturated heterocycles. The second-order valence-electron chi connectivity index (χ2n) is 4.80. The Morgan fingerprint density at radius 3 is 2.89 bits per heavy atom. The van der Waals surface area contributed by atoms with Gasteiger partial charge in [-0.1, -0.05) is 6.07 Å². The fraction of sp³-hybridized carbons (Fsp3) is 0.357. The van der Waals surface area contributed by atoms with Gasteiger partial charge in [-0.15, -0.1) is 0 Å². The molecule has 1 aromatic heterocycles. The molecular weight excluding hydrogens is 229 g/mol. The second-order valence-corrected chi connectivity index (χ2v) is 4.80. The van der Waals surface area contributed by atoms with Gasteiger partial charge in [-0.2, -0.15) is 5.10 Å². The number of hydrogen-bond donors (Lipinski definition) is 1. The minimum absolute atomic E-state index is 0.207. The maximum absolute atomic E-state index is 13.4. The molecule has 0 spiro atoms. The topological polar surface area (TPSA) is 29.9 Å². The highest BCUT2D eigenvalue weighted by Gasteiger charge is 2.21. The summed E-state index contributed by atoms with van der Waals surface area (Å²) in [5.41, 5.74) is 2.98. The largest absolute Gasteiger partial charge is 0.310 e. The highest BCUT2D eigenvalue weighted by atomic mass is 19.1. The SMILES string of the molecule is Cn1nccc1-c1cc(F)ccc1CNC1CC1. The van der Waals surface area contributed by atoms with Gasteiger partial charge in [-0.25, -0.2) is 4.39 Å². The van der Waals surface area contributed by atoms with Crippen LogP contribution < -0.4 is 5.32 Å². The third kappa shape index (κ3) is 2.29. The zero-order chi connectivity index (χ0) is 12.5. The molecule has 0 amide bonds. The zero-order valence-corrected chi connectivity index (χ0v) is 10.4. The van der Waals surface area contributed by atoms with Crippen LogP contribution in [0.15, 0.2) is 30.5 Å². The summed E-state index contributed by atoms with van der Waals surface area (Å²) in [7, 11) is 1.87. The van der Waals surface area contributed by atoms with Gasteiger partial charge in [-0.05, 0) is 36.6 Å². The minimum atomic E-state index is -0.207. The highest BCUT2D eigenvalue weighted by Crippen LogP contribution is 2.26. The van der Waals surface area contributed by atoms with E-state index in [2.05, 4.69) is 10.4 Å². The van der Waals surface area contributed by atoms with Crippen LogP contribution in [0.5, 0.6) is 0 Å². The molecule has 1 aliphatic carbocycles. The lowest BCUT2D eigenvalue weighted by Gasteiger charge is -2.11. The van der Waals surface area contributed by atoms with Crippen molar-refractivity contribution >= 4 is 0 Å². The van der Waals surface area contributed by atoms with E-state index >= 15 is 0 Å². The average molecular weight is 245 g/mol. The molecule has 0 unspecified atom stereocenters. The van der Waals surface area contributed by atoms with Crippen LogP contribution >= 0.6 is 0 Å². The van der Waals surface area contributed by atoms with E-state index in [0.29, 0.717) is 6.04 Å². The number of nitrogens with one attached hydrogen (secondary N) is 1. The van der Waals surface area contributed by atoms with E-state index < -0.39 is 0 Å². The fourth-order valence-electron chi connectivity index (χ4n) is 2.12. The standard InChI is InChI=1S/C14H16FN3/c1-18-14(6-7-17-18)13-8-11(15)3-2-10(13)9-16-12-4-5-12/h2-3,6-8,12,16H,4-5,9H2,1H3. The van der Waals surface area contributed by atoms with E-state index in [1.807, 2.05) is 19.2 Å². The molecule has 3 rings (SSSR count). The molecular formula is C14H16FN3. The molecule has 2 aromatic rings. The van der Waals surface area contributed by atoms with E-state index in [4.69, 9.17) is 0 Å². The van der Waals surface area contributed by atoms with Gasteiger partial charge >= 0.3 is 0 Å². The van der Waals surface area contributed by atoms with E-state index in [1.165, 1.54) is 18.9 Å². The summed E-state index contributed by atoms with van der Waals surface area (Å²) in [4.78, 5) is 0. The molecule has 18 heavy (non-hydrogen) atoms. The molecule has 1 aromatic carbocycles. The maximum atomic E-state index is 13.4. The first-order chi connectivity index (χ1) is 8.74. The summed E-state index contributed by atoms with van der Waals surface area (Å²) in [5, 5.41) is 7.61. The first-order valence-corrected chi connectivity index (χ1v) is 6.24. The van der Waals surface area contributed by atoms with Crippen LogP contribution in [0.3, 0.4) is 0 Å². The van der Waals surface area contributed by atoms with Gasteiger partial charge in [0, 0.05) is 31.4 Å². The lowest BCUT2D eigenvalue weighted by molar-refractivity contribution is 0.625. The van der Waals surface area contributed by atoms with Crippen LogP contribution in [0.1, 0.15) is 18.4 Å². The van der Waals surface area contributed by atoms with Gasteiger partial charge < -0.3 is 5.32 Å². The van der Waals surface area contributed by atoms with E-state index in [0.717, 1.165) is 23.4 Å². The van der Waals surface area contributed by atoms with Gasteiger partial charge in [0.25, 0.3) is 0 Å². The van der Waals surface area contributed by atoms with Crippen LogP contribution in [0, 0.1) is 5.82 Å². The summed E-state index contributed by atoms with van der Waals surface area (Å²) in [6.07, 6.45) is 4.24. The molecule has 94 valence electrons. The van der Waals surface area contributed by atoms with Crippen molar-refractivity contribution < 1.29 is 4.39 Å². The third-order valence-electron chi connectivity index (χ3n) is 3.33. The van der Waals surface area contributed by atoms with Crippen LogP contribution in [0.2, 0.25) is 0 Å². The highest BCUT2D eigenvalue weighted by molar-refractivity contribution is 5.64. The van der Waals surface area contributed by atoms with Crippen LogP contribution in [-0.4, -0.2) is 15.8 Å². The van der Waals surface area contributed by atoms with E-state index in [-0.39, 0.29) is 5.82 Å². The van der Waals surface area contributed by atoms with Gasteiger partial charge in [-0.3, -0.25) is 4.68 Å². The fourth-order valence-corrected chi connectivity index (χ4v) is 2.12. The van der Waals surface area contributed by atoms with Crippen molar-refractivity contribution in [1.82, 2.24) is 15.1 Å². The number of benzene rings is 1. The van der Waals surface area contributed by atoms with Crippen LogP contribution in [0.4, 0.5) is 4.39 Å². The average Bonchev–Trinajstić information content (AvgIpc) is 3.09. The molecule has 1 fully saturated rings. The number of aryl methyl sites for hydroxylation is 1. The lowest BCUT2D eigenvalue weighted by Crippen LogP contribution is -2.16. The Hall–Kier alpha value is -1.68. The molecule has 3 nitrogen and oxygen atoms in total. The Balaban J connectivity index is 1.94. The number of nitrogens with zero attached hydrogens (tertiary/aromatic N) is 2. The molecule has 1 aliphatic rings. The van der Waals surface area contributed by atoms with Crippen molar-refractivity contribution in [2.75, 3.05) is 0 Å². The number of hydrogen-bond acceptors (Lipinski definition) is 2. The maximum Gasteiger partial charge on any atom is 0.123 e. The summed E-state index contributed by atoms with van der Waals surface area (Å²) >= 11 is 0. The van der Waals surface area contributed by atoms with Gasteiger partial charge in [0.05, 0.1) is 5.69 Å². The predicted octanol–water partition coefficient (Wildman–Crippen LogP) is 2.48. The summed E-state index contributed by atoms with van der Waals surface area (Å²) in [6.45, 7) is 0.783. The number of halogens is 1. The predicted molar refractivity (Wildman–Crippen MR) is 68.5 cm³/mol. The molecule has 0 radical (unpaired) electrons. The number of aromatic nitrogens is 2. The molecule has 1 N–H and O–H groups in total. The lowest BCUT2D eigenvalue weighted by atomic mass is 10.0. The second kappa shape index (κ2) is 4.53.